The monoisotopic (exact) mass is 255 g/mol. The van der Waals surface area contributed by atoms with Gasteiger partial charge in [0.15, 0.2) is 6.04 Å². The molecule has 0 unspecified atom stereocenters. The molecule has 98 valence electrons. The van der Waals surface area contributed by atoms with Gasteiger partial charge in [-0.2, -0.15) is 0 Å². The van der Waals surface area contributed by atoms with Gasteiger partial charge in [0.2, 0.25) is 5.91 Å². The summed E-state index contributed by atoms with van der Waals surface area (Å²) in [5.41, 5.74) is -1.52. The third-order valence-corrected chi connectivity index (χ3v) is 3.46. The van der Waals surface area contributed by atoms with E-state index >= 15 is 0 Å². The zero-order valence-corrected chi connectivity index (χ0v) is 9.46. The number of aliphatic carboxylic acids is 2. The van der Waals surface area contributed by atoms with E-state index < -0.39 is 47.9 Å². The quantitative estimate of drug-likeness (QED) is 0.577. The number of rotatable bonds is 4. The lowest BCUT2D eigenvalue weighted by Gasteiger charge is -2.29. The van der Waals surface area contributed by atoms with Gasteiger partial charge in [0.05, 0.1) is 18.4 Å². The van der Waals surface area contributed by atoms with E-state index in [-0.39, 0.29) is 6.42 Å². The molecule has 1 amide bonds. The fraction of sp³-hybridized carbons (Fsp3) is 0.545. The van der Waals surface area contributed by atoms with Gasteiger partial charge < -0.3 is 20.3 Å². The molecule has 0 aromatic heterocycles. The molecule has 0 aromatic rings. The summed E-state index contributed by atoms with van der Waals surface area (Å²) in [4.78, 5) is 33.8. The van der Waals surface area contributed by atoms with Crippen LogP contribution in [0.3, 0.4) is 0 Å². The lowest BCUT2D eigenvalue weighted by molar-refractivity contribution is -0.155. The Labute approximate surface area is 102 Å². The van der Waals surface area contributed by atoms with Crippen molar-refractivity contribution in [2.45, 2.75) is 30.6 Å². The van der Waals surface area contributed by atoms with Gasteiger partial charge in [-0.1, -0.05) is 6.08 Å². The first-order chi connectivity index (χ1) is 8.40. The third-order valence-electron chi connectivity index (χ3n) is 3.46. The summed E-state index contributed by atoms with van der Waals surface area (Å²) in [6.45, 7) is 3.52. The molecule has 2 aliphatic rings. The standard InChI is InChI=1S/C11H13NO6/c1-2-5-3-6-9(15)12-8(10(16)17)11(6,18-5)4-7(13)14/h2,5-6,8H,1,3-4H2,(H,12,15)(H,13,14)(H,16,17)/t5-,6-,8+,11-/m1/s1. The first kappa shape index (κ1) is 12.6. The van der Waals surface area contributed by atoms with Crippen molar-refractivity contribution in [1.29, 1.82) is 0 Å². The highest BCUT2D eigenvalue weighted by atomic mass is 16.5. The van der Waals surface area contributed by atoms with Gasteiger partial charge in [-0.25, -0.2) is 4.79 Å². The van der Waals surface area contributed by atoms with Crippen molar-refractivity contribution in [2.24, 2.45) is 5.92 Å². The summed E-state index contributed by atoms with van der Waals surface area (Å²) in [7, 11) is 0. The van der Waals surface area contributed by atoms with Gasteiger partial charge in [-0.3, -0.25) is 9.59 Å². The van der Waals surface area contributed by atoms with Crippen LogP contribution in [0.15, 0.2) is 12.7 Å². The second-order valence-electron chi connectivity index (χ2n) is 4.49. The Kier molecular flexibility index (Phi) is 2.86. The van der Waals surface area contributed by atoms with Crippen LogP contribution in [0.25, 0.3) is 0 Å². The minimum Gasteiger partial charge on any atom is -0.481 e. The number of hydrogen-bond donors (Lipinski definition) is 3. The topological polar surface area (TPSA) is 113 Å². The molecular formula is C11H13NO6. The van der Waals surface area contributed by atoms with E-state index in [1.807, 2.05) is 0 Å². The number of amides is 1. The molecule has 3 N–H and O–H groups in total. The van der Waals surface area contributed by atoms with Gasteiger partial charge in [-0.15, -0.1) is 6.58 Å². The largest absolute Gasteiger partial charge is 0.481 e. The molecule has 2 saturated heterocycles. The average molecular weight is 255 g/mol. The maximum Gasteiger partial charge on any atom is 0.329 e. The van der Waals surface area contributed by atoms with Crippen molar-refractivity contribution in [3.63, 3.8) is 0 Å². The van der Waals surface area contributed by atoms with Crippen molar-refractivity contribution < 1.29 is 29.3 Å². The summed E-state index contributed by atoms with van der Waals surface area (Å²) < 4.78 is 5.51. The zero-order valence-electron chi connectivity index (χ0n) is 9.46. The first-order valence-corrected chi connectivity index (χ1v) is 5.46. The minimum absolute atomic E-state index is 0.256. The predicted molar refractivity (Wildman–Crippen MR) is 57.7 cm³/mol. The Hall–Kier alpha value is -1.89. The normalized spacial score (nSPS) is 38.0. The van der Waals surface area contributed by atoms with Crippen LogP contribution in [0, 0.1) is 5.92 Å². The van der Waals surface area contributed by atoms with E-state index in [9.17, 15) is 14.4 Å². The van der Waals surface area contributed by atoms with Crippen molar-refractivity contribution in [3.8, 4) is 0 Å². The summed E-state index contributed by atoms with van der Waals surface area (Å²) in [6, 6.07) is -1.34. The molecule has 2 aliphatic heterocycles. The third kappa shape index (κ3) is 1.67. The Balaban J connectivity index is 2.41. The van der Waals surface area contributed by atoms with E-state index in [1.54, 1.807) is 0 Å². The Morgan fingerprint density at radius 2 is 2.22 bits per heavy atom. The molecule has 7 nitrogen and oxygen atoms in total. The van der Waals surface area contributed by atoms with Crippen LogP contribution in [0.4, 0.5) is 0 Å². The van der Waals surface area contributed by atoms with Crippen LogP contribution < -0.4 is 5.32 Å². The van der Waals surface area contributed by atoms with Gasteiger partial charge in [0, 0.05) is 0 Å². The molecule has 0 saturated carbocycles. The first-order valence-electron chi connectivity index (χ1n) is 5.46. The fourth-order valence-electron chi connectivity index (χ4n) is 2.73. The van der Waals surface area contributed by atoms with Crippen molar-refractivity contribution in [2.75, 3.05) is 0 Å². The molecule has 0 bridgehead atoms. The van der Waals surface area contributed by atoms with Crippen LogP contribution in [0.1, 0.15) is 12.8 Å². The Morgan fingerprint density at radius 3 is 2.72 bits per heavy atom. The molecular weight excluding hydrogens is 242 g/mol. The number of carboxylic acids is 2. The zero-order chi connectivity index (χ0) is 13.5. The Morgan fingerprint density at radius 1 is 1.56 bits per heavy atom. The van der Waals surface area contributed by atoms with Gasteiger partial charge in [0.25, 0.3) is 0 Å². The molecule has 0 radical (unpaired) electrons. The van der Waals surface area contributed by atoms with E-state index in [0.29, 0.717) is 0 Å². The van der Waals surface area contributed by atoms with Crippen LogP contribution in [0.2, 0.25) is 0 Å². The van der Waals surface area contributed by atoms with Crippen LogP contribution in [-0.4, -0.2) is 45.8 Å². The highest BCUT2D eigenvalue weighted by Gasteiger charge is 2.64. The molecule has 7 heteroatoms. The number of carbonyl (C=O) groups excluding carboxylic acids is 1. The summed E-state index contributed by atoms with van der Waals surface area (Å²) >= 11 is 0. The predicted octanol–water partition coefficient (Wildman–Crippen LogP) is -0.626. The second-order valence-corrected chi connectivity index (χ2v) is 4.49. The average Bonchev–Trinajstić information content (AvgIpc) is 2.73. The molecule has 0 spiro atoms. The number of carboxylic acid groups (broad SMARTS) is 2. The maximum absolute atomic E-state index is 11.7. The highest BCUT2D eigenvalue weighted by Crippen LogP contribution is 2.45. The van der Waals surface area contributed by atoms with Gasteiger partial charge in [-0.05, 0) is 6.42 Å². The van der Waals surface area contributed by atoms with E-state index in [0.717, 1.165) is 0 Å². The Bertz CT molecular complexity index is 433. The molecule has 4 atom stereocenters. The number of ether oxygens (including phenoxy) is 1. The summed E-state index contributed by atoms with van der Waals surface area (Å²) in [6.07, 6.45) is 0.681. The molecule has 2 fully saturated rings. The SMILES string of the molecule is C=C[C@@H]1C[C@@H]2C(=O)N[C@@H](C(=O)O)[C@]2(CC(=O)O)O1. The smallest absolute Gasteiger partial charge is 0.329 e. The van der Waals surface area contributed by atoms with E-state index in [4.69, 9.17) is 14.9 Å². The molecule has 18 heavy (non-hydrogen) atoms. The van der Waals surface area contributed by atoms with E-state index in [1.165, 1.54) is 6.08 Å². The molecule has 2 rings (SSSR count). The molecule has 0 aromatic carbocycles. The maximum atomic E-state index is 11.7. The molecule has 2 heterocycles. The summed E-state index contributed by atoms with van der Waals surface area (Å²) in [5.74, 6) is -3.74. The van der Waals surface area contributed by atoms with Crippen LogP contribution in [0.5, 0.6) is 0 Å². The van der Waals surface area contributed by atoms with E-state index in [2.05, 4.69) is 11.9 Å². The van der Waals surface area contributed by atoms with Crippen LogP contribution >= 0.6 is 0 Å². The lowest BCUT2D eigenvalue weighted by Crippen LogP contribution is -2.52. The number of carbonyl (C=O) groups is 3. The van der Waals surface area contributed by atoms with Gasteiger partial charge in [0.1, 0.15) is 5.60 Å². The van der Waals surface area contributed by atoms with Crippen LogP contribution in [-0.2, 0) is 19.1 Å². The lowest BCUT2D eigenvalue weighted by atomic mass is 9.82. The van der Waals surface area contributed by atoms with Crippen molar-refractivity contribution in [3.05, 3.63) is 12.7 Å². The van der Waals surface area contributed by atoms with Crippen molar-refractivity contribution in [1.82, 2.24) is 5.32 Å². The number of hydrogen-bond acceptors (Lipinski definition) is 4. The second kappa shape index (κ2) is 4.09. The molecule has 0 aliphatic carbocycles. The number of nitrogens with one attached hydrogen (secondary N) is 1. The summed E-state index contributed by atoms with van der Waals surface area (Å²) in [5, 5.41) is 20.3. The van der Waals surface area contributed by atoms with Crippen molar-refractivity contribution >= 4 is 17.8 Å². The highest BCUT2D eigenvalue weighted by molar-refractivity contribution is 5.93. The number of fused-ring (bicyclic) bond motifs is 1. The van der Waals surface area contributed by atoms with Gasteiger partial charge >= 0.3 is 11.9 Å². The minimum atomic E-state index is -1.52. The fourth-order valence-corrected chi connectivity index (χ4v) is 2.73.